The second-order valence-electron chi connectivity index (χ2n) is 4.75. The number of likely N-dealkylation sites (N-methyl/N-ethyl adjacent to an activating group) is 1. The lowest BCUT2D eigenvalue weighted by Crippen LogP contribution is -2.31. The zero-order valence-electron chi connectivity index (χ0n) is 10.9. The molecule has 0 fully saturated rings. The number of nitrogens with one attached hydrogen (secondary N) is 2. The molecule has 1 rings (SSSR count). The van der Waals surface area contributed by atoms with Crippen molar-refractivity contribution in [2.24, 2.45) is 5.92 Å². The van der Waals surface area contributed by atoms with E-state index in [4.69, 9.17) is 0 Å². The smallest absolute Gasteiger partial charge is 0.264 e. The van der Waals surface area contributed by atoms with Gasteiger partial charge in [0, 0.05) is 25.7 Å². The van der Waals surface area contributed by atoms with Crippen LogP contribution in [-0.4, -0.2) is 41.8 Å². The average Bonchev–Trinajstić information content (AvgIpc) is 2.27. The maximum absolute atomic E-state index is 10.8. The highest BCUT2D eigenvalue weighted by Crippen LogP contribution is 1.95. The standard InChI is InChI=1S/C12H22N4O/c1-10(2)8-13-6-7-16(3)9-11-4-5-12(17)15-14-11/h4-5,10,13H,6-9H2,1-3H3,(H,15,17). The lowest BCUT2D eigenvalue weighted by molar-refractivity contribution is 0.317. The van der Waals surface area contributed by atoms with Gasteiger partial charge in [-0.3, -0.25) is 9.69 Å². The molecule has 0 aromatic carbocycles. The van der Waals surface area contributed by atoms with E-state index >= 15 is 0 Å². The number of hydrogen-bond acceptors (Lipinski definition) is 4. The highest BCUT2D eigenvalue weighted by Gasteiger charge is 2.01. The Morgan fingerprint density at radius 2 is 2.24 bits per heavy atom. The number of H-pyrrole nitrogens is 1. The molecule has 0 bridgehead atoms. The molecule has 0 aliphatic rings. The third kappa shape index (κ3) is 6.19. The zero-order valence-corrected chi connectivity index (χ0v) is 10.9. The maximum atomic E-state index is 10.8. The summed E-state index contributed by atoms with van der Waals surface area (Å²) in [6, 6.07) is 3.27. The normalized spacial score (nSPS) is 11.4. The summed E-state index contributed by atoms with van der Waals surface area (Å²) in [6.45, 7) is 8.12. The molecule has 0 spiro atoms. The Labute approximate surface area is 102 Å². The van der Waals surface area contributed by atoms with Gasteiger partial charge in [0.05, 0.1) is 5.69 Å². The van der Waals surface area contributed by atoms with Gasteiger partial charge in [0.2, 0.25) is 0 Å². The third-order valence-corrected chi connectivity index (χ3v) is 2.39. The number of hydrogen-bond donors (Lipinski definition) is 2. The molecule has 1 aromatic rings. The van der Waals surface area contributed by atoms with Gasteiger partial charge >= 0.3 is 0 Å². The zero-order chi connectivity index (χ0) is 12.7. The first-order valence-electron chi connectivity index (χ1n) is 6.02. The van der Waals surface area contributed by atoms with Gasteiger partial charge in [-0.25, -0.2) is 5.10 Å². The molecule has 5 heteroatoms. The van der Waals surface area contributed by atoms with Crippen LogP contribution in [0, 0.1) is 5.92 Å². The van der Waals surface area contributed by atoms with Gasteiger partial charge in [-0.1, -0.05) is 13.8 Å². The molecule has 0 amide bonds. The Balaban J connectivity index is 2.22. The number of aromatic amines is 1. The maximum Gasteiger partial charge on any atom is 0.264 e. The molecule has 1 aromatic heterocycles. The van der Waals surface area contributed by atoms with Gasteiger partial charge in [0.15, 0.2) is 0 Å². The Kier molecular flexibility index (Phi) is 5.86. The average molecular weight is 238 g/mol. The van der Waals surface area contributed by atoms with Crippen molar-refractivity contribution >= 4 is 0 Å². The molecule has 0 aliphatic carbocycles. The topological polar surface area (TPSA) is 61.0 Å². The molecule has 0 radical (unpaired) electrons. The third-order valence-electron chi connectivity index (χ3n) is 2.39. The predicted octanol–water partition coefficient (Wildman–Crippen LogP) is 0.447. The first-order valence-corrected chi connectivity index (χ1v) is 6.02. The van der Waals surface area contributed by atoms with Crippen LogP contribution in [0.5, 0.6) is 0 Å². The van der Waals surface area contributed by atoms with Crippen molar-refractivity contribution in [2.45, 2.75) is 20.4 Å². The predicted molar refractivity (Wildman–Crippen MR) is 68.9 cm³/mol. The molecule has 0 saturated carbocycles. The van der Waals surface area contributed by atoms with Gasteiger partial charge in [-0.05, 0) is 25.6 Å². The molecular weight excluding hydrogens is 216 g/mol. The van der Waals surface area contributed by atoms with E-state index in [1.807, 2.05) is 7.05 Å². The molecule has 17 heavy (non-hydrogen) atoms. The van der Waals surface area contributed by atoms with Crippen molar-refractivity contribution in [3.8, 4) is 0 Å². The molecule has 0 saturated heterocycles. The summed E-state index contributed by atoms with van der Waals surface area (Å²) in [5.74, 6) is 0.682. The Hall–Kier alpha value is -1.20. The van der Waals surface area contributed by atoms with Crippen LogP contribution in [0.1, 0.15) is 19.5 Å². The van der Waals surface area contributed by atoms with Gasteiger partial charge < -0.3 is 5.32 Å². The highest BCUT2D eigenvalue weighted by molar-refractivity contribution is 4.98. The first kappa shape index (κ1) is 13.9. The van der Waals surface area contributed by atoms with Crippen LogP contribution in [0.2, 0.25) is 0 Å². The van der Waals surface area contributed by atoms with Crippen molar-refractivity contribution in [1.29, 1.82) is 0 Å². The summed E-state index contributed by atoms with van der Waals surface area (Å²) in [6.07, 6.45) is 0. The SMILES string of the molecule is CC(C)CNCCN(C)Cc1ccc(=O)[nH]n1. The molecule has 5 nitrogen and oxygen atoms in total. The summed E-state index contributed by atoms with van der Waals surface area (Å²) in [4.78, 5) is 13.0. The van der Waals surface area contributed by atoms with Gasteiger partial charge in [-0.2, -0.15) is 5.10 Å². The van der Waals surface area contributed by atoms with Crippen molar-refractivity contribution in [2.75, 3.05) is 26.7 Å². The van der Waals surface area contributed by atoms with Crippen molar-refractivity contribution < 1.29 is 0 Å². The minimum atomic E-state index is -0.157. The molecule has 0 unspecified atom stereocenters. The monoisotopic (exact) mass is 238 g/mol. The lowest BCUT2D eigenvalue weighted by Gasteiger charge is -2.16. The van der Waals surface area contributed by atoms with E-state index in [0.29, 0.717) is 5.92 Å². The van der Waals surface area contributed by atoms with Crippen molar-refractivity contribution in [3.63, 3.8) is 0 Å². The van der Waals surface area contributed by atoms with Crippen LogP contribution in [0.25, 0.3) is 0 Å². The number of aromatic nitrogens is 2. The molecule has 0 atom stereocenters. The first-order chi connectivity index (χ1) is 8.08. The van der Waals surface area contributed by atoms with Crippen LogP contribution in [0.3, 0.4) is 0 Å². The summed E-state index contributed by atoms with van der Waals surface area (Å²) in [7, 11) is 2.05. The molecule has 2 N–H and O–H groups in total. The van der Waals surface area contributed by atoms with Crippen LogP contribution < -0.4 is 10.9 Å². The highest BCUT2D eigenvalue weighted by atomic mass is 16.1. The van der Waals surface area contributed by atoms with E-state index in [1.165, 1.54) is 6.07 Å². The molecular formula is C12H22N4O. The quantitative estimate of drug-likeness (QED) is 0.677. The van der Waals surface area contributed by atoms with Crippen LogP contribution >= 0.6 is 0 Å². The summed E-state index contributed by atoms with van der Waals surface area (Å²) in [5.41, 5.74) is 0.728. The van der Waals surface area contributed by atoms with E-state index < -0.39 is 0 Å². The van der Waals surface area contributed by atoms with Crippen LogP contribution in [0.4, 0.5) is 0 Å². The van der Waals surface area contributed by atoms with Gasteiger partial charge in [0.25, 0.3) is 5.56 Å². The fourth-order valence-corrected chi connectivity index (χ4v) is 1.48. The Morgan fingerprint density at radius 1 is 1.47 bits per heavy atom. The molecule has 1 heterocycles. The van der Waals surface area contributed by atoms with E-state index in [-0.39, 0.29) is 5.56 Å². The second kappa shape index (κ2) is 7.19. The number of rotatable bonds is 7. The van der Waals surface area contributed by atoms with Crippen molar-refractivity contribution in [3.05, 3.63) is 28.2 Å². The van der Waals surface area contributed by atoms with E-state index in [0.717, 1.165) is 31.9 Å². The summed E-state index contributed by atoms with van der Waals surface area (Å²) >= 11 is 0. The number of nitrogens with zero attached hydrogens (tertiary/aromatic N) is 2. The Bertz CT molecular complexity index is 355. The fourth-order valence-electron chi connectivity index (χ4n) is 1.48. The van der Waals surface area contributed by atoms with E-state index in [2.05, 4.69) is 34.3 Å². The Morgan fingerprint density at radius 3 is 2.82 bits per heavy atom. The van der Waals surface area contributed by atoms with Crippen LogP contribution in [0.15, 0.2) is 16.9 Å². The van der Waals surface area contributed by atoms with Gasteiger partial charge in [0.1, 0.15) is 0 Å². The van der Waals surface area contributed by atoms with E-state index in [1.54, 1.807) is 6.07 Å². The summed E-state index contributed by atoms with van der Waals surface area (Å²) in [5, 5.41) is 9.81. The van der Waals surface area contributed by atoms with E-state index in [9.17, 15) is 4.79 Å². The molecule has 96 valence electrons. The second-order valence-corrected chi connectivity index (χ2v) is 4.75. The summed E-state index contributed by atoms with van der Waals surface area (Å²) < 4.78 is 0. The largest absolute Gasteiger partial charge is 0.315 e. The lowest BCUT2D eigenvalue weighted by atomic mass is 10.2. The fraction of sp³-hybridized carbons (Fsp3) is 0.667. The molecule has 0 aliphatic heterocycles. The van der Waals surface area contributed by atoms with Crippen LogP contribution in [-0.2, 0) is 6.54 Å². The van der Waals surface area contributed by atoms with Crippen molar-refractivity contribution in [1.82, 2.24) is 20.4 Å². The minimum absolute atomic E-state index is 0.157. The van der Waals surface area contributed by atoms with Gasteiger partial charge in [-0.15, -0.1) is 0 Å². The minimum Gasteiger partial charge on any atom is -0.315 e.